The van der Waals surface area contributed by atoms with Crippen molar-refractivity contribution in [3.8, 4) is 0 Å². The van der Waals surface area contributed by atoms with E-state index >= 15 is 0 Å². The minimum absolute atomic E-state index is 0.00963. The van der Waals surface area contributed by atoms with Crippen LogP contribution in [0.1, 0.15) is 44.2 Å². The van der Waals surface area contributed by atoms with Gasteiger partial charge in [0.15, 0.2) is 0 Å². The van der Waals surface area contributed by atoms with Crippen LogP contribution < -0.4 is 5.32 Å². The van der Waals surface area contributed by atoms with E-state index in [1.54, 1.807) is 0 Å². The molecule has 0 heterocycles. The van der Waals surface area contributed by atoms with Crippen molar-refractivity contribution in [3.05, 3.63) is 33.4 Å². The number of rotatable bonds is 7. The highest BCUT2D eigenvalue weighted by molar-refractivity contribution is 14.1. The van der Waals surface area contributed by atoms with E-state index in [1.165, 1.54) is 0 Å². The lowest BCUT2D eigenvalue weighted by Gasteiger charge is -2.20. The summed E-state index contributed by atoms with van der Waals surface area (Å²) < 4.78 is 37.8. The van der Waals surface area contributed by atoms with E-state index in [1.807, 2.05) is 24.3 Å². The van der Waals surface area contributed by atoms with Gasteiger partial charge in [0.1, 0.15) is 0 Å². The summed E-state index contributed by atoms with van der Waals surface area (Å²) in [7, 11) is 0. The van der Waals surface area contributed by atoms with Gasteiger partial charge in [0, 0.05) is 16.0 Å². The number of benzene rings is 1. The first-order valence-electron chi connectivity index (χ1n) is 6.48. The zero-order chi connectivity index (χ0) is 14.3. The predicted octanol–water partition coefficient (Wildman–Crippen LogP) is 5.06. The van der Waals surface area contributed by atoms with E-state index in [4.69, 9.17) is 0 Å². The van der Waals surface area contributed by atoms with Gasteiger partial charge in [-0.05, 0) is 60.0 Å². The largest absolute Gasteiger partial charge is 0.389 e. The van der Waals surface area contributed by atoms with Crippen molar-refractivity contribution in [2.24, 2.45) is 0 Å². The van der Waals surface area contributed by atoms with Crippen LogP contribution >= 0.6 is 22.6 Å². The van der Waals surface area contributed by atoms with Crippen molar-refractivity contribution >= 4 is 22.6 Å². The molecule has 1 aromatic rings. The minimum Gasteiger partial charge on any atom is -0.310 e. The lowest BCUT2D eigenvalue weighted by molar-refractivity contribution is -0.135. The van der Waals surface area contributed by atoms with Gasteiger partial charge >= 0.3 is 6.18 Å². The van der Waals surface area contributed by atoms with Crippen LogP contribution in [0.2, 0.25) is 0 Å². The first kappa shape index (κ1) is 16.8. The highest BCUT2D eigenvalue weighted by Gasteiger charge is 2.27. The topological polar surface area (TPSA) is 12.0 Å². The molecule has 0 spiro atoms. The fourth-order valence-corrected chi connectivity index (χ4v) is 2.71. The second kappa shape index (κ2) is 8.09. The number of alkyl halides is 3. The molecule has 108 valence electrons. The molecule has 0 amide bonds. The van der Waals surface area contributed by atoms with Crippen molar-refractivity contribution in [2.45, 2.75) is 44.8 Å². The molecule has 1 aromatic carbocycles. The van der Waals surface area contributed by atoms with Crippen molar-refractivity contribution in [1.29, 1.82) is 0 Å². The van der Waals surface area contributed by atoms with Crippen LogP contribution in [0.25, 0.3) is 0 Å². The predicted molar refractivity (Wildman–Crippen MR) is 80.1 cm³/mol. The third-order valence-electron chi connectivity index (χ3n) is 2.87. The second-order valence-electron chi connectivity index (χ2n) is 4.54. The highest BCUT2D eigenvalue weighted by atomic mass is 127. The zero-order valence-electron chi connectivity index (χ0n) is 10.9. The summed E-state index contributed by atoms with van der Waals surface area (Å²) in [5.41, 5.74) is 1.10. The molecule has 0 saturated carbocycles. The van der Waals surface area contributed by atoms with Gasteiger partial charge in [0.25, 0.3) is 0 Å². The zero-order valence-corrected chi connectivity index (χ0v) is 13.1. The Balaban J connectivity index is 2.64. The van der Waals surface area contributed by atoms with Crippen LogP contribution in [-0.4, -0.2) is 12.7 Å². The molecule has 0 aliphatic carbocycles. The van der Waals surface area contributed by atoms with Gasteiger partial charge in [-0.1, -0.05) is 25.1 Å². The van der Waals surface area contributed by atoms with E-state index in [-0.39, 0.29) is 12.5 Å². The van der Waals surface area contributed by atoms with Crippen LogP contribution in [0.15, 0.2) is 24.3 Å². The van der Waals surface area contributed by atoms with Gasteiger partial charge in [-0.3, -0.25) is 0 Å². The molecule has 0 fully saturated rings. The Morgan fingerprint density at radius 2 is 1.95 bits per heavy atom. The van der Waals surface area contributed by atoms with E-state index in [9.17, 15) is 13.2 Å². The molecule has 1 nitrogen and oxygen atoms in total. The quantitative estimate of drug-likeness (QED) is 0.647. The smallest absolute Gasteiger partial charge is 0.310 e. The standard InChI is InChI=1S/C14H19F3IN/c1-2-10-19-13(8-5-9-14(15,16)17)11-6-3-4-7-12(11)18/h3-4,6-7,13,19H,2,5,8-10H2,1H3. The lowest BCUT2D eigenvalue weighted by Crippen LogP contribution is -2.23. The summed E-state index contributed by atoms with van der Waals surface area (Å²) in [6.07, 6.45) is -3.12. The fraction of sp³-hybridized carbons (Fsp3) is 0.571. The molecule has 5 heteroatoms. The molecule has 1 unspecified atom stereocenters. The summed E-state index contributed by atoms with van der Waals surface area (Å²) in [5.74, 6) is 0. The molecule has 0 bridgehead atoms. The first-order chi connectivity index (χ1) is 8.94. The second-order valence-corrected chi connectivity index (χ2v) is 5.70. The van der Waals surface area contributed by atoms with Gasteiger partial charge in [0.05, 0.1) is 0 Å². The first-order valence-corrected chi connectivity index (χ1v) is 7.56. The van der Waals surface area contributed by atoms with Crippen LogP contribution in [0.3, 0.4) is 0 Å². The van der Waals surface area contributed by atoms with Gasteiger partial charge in [-0.25, -0.2) is 0 Å². The van der Waals surface area contributed by atoms with Gasteiger partial charge in [-0.15, -0.1) is 0 Å². The van der Waals surface area contributed by atoms with Crippen LogP contribution in [0, 0.1) is 3.57 Å². The van der Waals surface area contributed by atoms with Crippen molar-refractivity contribution in [2.75, 3.05) is 6.54 Å². The Morgan fingerprint density at radius 1 is 1.26 bits per heavy atom. The van der Waals surface area contributed by atoms with E-state index in [0.717, 1.165) is 22.1 Å². The molecule has 1 atom stereocenters. The molecular weight excluding hydrogens is 366 g/mol. The molecule has 1 N–H and O–H groups in total. The fourth-order valence-electron chi connectivity index (χ4n) is 1.95. The summed E-state index contributed by atoms with van der Waals surface area (Å²) in [4.78, 5) is 0. The monoisotopic (exact) mass is 385 g/mol. The van der Waals surface area contributed by atoms with Gasteiger partial charge in [0.2, 0.25) is 0 Å². The average Bonchev–Trinajstić information content (AvgIpc) is 2.33. The SMILES string of the molecule is CCCNC(CCCC(F)(F)F)c1ccccc1I. The third kappa shape index (κ3) is 6.61. The molecule has 0 radical (unpaired) electrons. The third-order valence-corrected chi connectivity index (χ3v) is 3.86. The maximum Gasteiger partial charge on any atom is 0.389 e. The van der Waals surface area contributed by atoms with Crippen LogP contribution in [0.4, 0.5) is 13.2 Å². The summed E-state index contributed by atoms with van der Waals surface area (Å²) in [6, 6.07) is 7.86. The number of nitrogens with one attached hydrogen (secondary N) is 1. The van der Waals surface area contributed by atoms with Gasteiger partial charge in [-0.2, -0.15) is 13.2 Å². The van der Waals surface area contributed by atoms with Crippen LogP contribution in [0.5, 0.6) is 0 Å². The summed E-state index contributed by atoms with van der Waals surface area (Å²) in [5, 5.41) is 3.34. The average molecular weight is 385 g/mol. The van der Waals surface area contributed by atoms with E-state index in [0.29, 0.717) is 6.42 Å². The lowest BCUT2D eigenvalue weighted by atomic mass is 10.0. The van der Waals surface area contributed by atoms with Gasteiger partial charge < -0.3 is 5.32 Å². The number of hydrogen-bond donors (Lipinski definition) is 1. The molecular formula is C14H19F3IN. The Hall–Kier alpha value is -0.300. The van der Waals surface area contributed by atoms with Crippen molar-refractivity contribution in [1.82, 2.24) is 5.32 Å². The highest BCUT2D eigenvalue weighted by Crippen LogP contribution is 2.28. The van der Waals surface area contributed by atoms with E-state index in [2.05, 4.69) is 34.8 Å². The number of halogens is 4. The Bertz CT molecular complexity index is 379. The van der Waals surface area contributed by atoms with E-state index < -0.39 is 12.6 Å². The summed E-state index contributed by atoms with van der Waals surface area (Å²) >= 11 is 2.23. The molecule has 19 heavy (non-hydrogen) atoms. The molecule has 0 aliphatic heterocycles. The maximum absolute atomic E-state index is 12.2. The maximum atomic E-state index is 12.2. The van der Waals surface area contributed by atoms with Crippen LogP contribution in [-0.2, 0) is 0 Å². The summed E-state index contributed by atoms with van der Waals surface area (Å²) in [6.45, 7) is 2.87. The Labute approximate surface area is 126 Å². The molecule has 0 aliphatic rings. The molecule has 0 saturated heterocycles. The molecule has 0 aromatic heterocycles. The number of hydrogen-bond acceptors (Lipinski definition) is 1. The normalized spacial score (nSPS) is 13.5. The minimum atomic E-state index is -4.06. The Kier molecular flexibility index (Phi) is 7.13. The Morgan fingerprint density at radius 3 is 2.53 bits per heavy atom. The van der Waals surface area contributed by atoms with Crippen molar-refractivity contribution < 1.29 is 13.2 Å². The van der Waals surface area contributed by atoms with Crippen molar-refractivity contribution in [3.63, 3.8) is 0 Å². The molecule has 1 rings (SSSR count).